The minimum atomic E-state index is -3.54. The summed E-state index contributed by atoms with van der Waals surface area (Å²) in [6.07, 6.45) is 1.54. The van der Waals surface area contributed by atoms with Crippen LogP contribution in [0, 0.1) is 0 Å². The lowest BCUT2D eigenvalue weighted by Gasteiger charge is -2.32. The molecule has 7 heteroatoms. The van der Waals surface area contributed by atoms with Gasteiger partial charge in [-0.3, -0.25) is 0 Å². The lowest BCUT2D eigenvalue weighted by molar-refractivity contribution is 0.174. The molecule has 2 heterocycles. The van der Waals surface area contributed by atoms with Crippen LogP contribution >= 0.6 is 0 Å². The predicted octanol–water partition coefficient (Wildman–Crippen LogP) is 2.99. The number of methoxy groups -OCH3 is 1. The molecule has 138 valence electrons. The molecule has 2 aromatic rings. The van der Waals surface area contributed by atoms with E-state index in [4.69, 9.17) is 14.2 Å². The summed E-state index contributed by atoms with van der Waals surface area (Å²) in [6.45, 7) is 1.10. The molecule has 0 aliphatic carbocycles. The molecule has 0 spiro atoms. The van der Waals surface area contributed by atoms with Crippen LogP contribution in [-0.2, 0) is 10.0 Å². The average Bonchev–Trinajstić information content (AvgIpc) is 3.16. The molecule has 0 radical (unpaired) electrons. The van der Waals surface area contributed by atoms with Gasteiger partial charge in [0.1, 0.15) is 5.75 Å². The fraction of sp³-hybridized carbons (Fsp3) is 0.368. The van der Waals surface area contributed by atoms with Crippen molar-refractivity contribution in [3.8, 4) is 17.2 Å². The minimum Gasteiger partial charge on any atom is -0.496 e. The Labute approximate surface area is 153 Å². The second-order valence-corrected chi connectivity index (χ2v) is 8.37. The molecule has 1 fully saturated rings. The van der Waals surface area contributed by atoms with Crippen molar-refractivity contribution in [2.24, 2.45) is 0 Å². The van der Waals surface area contributed by atoms with Crippen LogP contribution < -0.4 is 14.2 Å². The number of ether oxygens (including phenoxy) is 3. The van der Waals surface area contributed by atoms with E-state index in [0.29, 0.717) is 30.5 Å². The summed E-state index contributed by atoms with van der Waals surface area (Å²) < 4.78 is 43.5. The molecular weight excluding hydrogens is 354 g/mol. The Morgan fingerprint density at radius 1 is 1.04 bits per heavy atom. The molecule has 0 atom stereocenters. The Hall–Kier alpha value is -2.25. The average molecular weight is 375 g/mol. The maximum Gasteiger partial charge on any atom is 0.243 e. The molecule has 2 aliphatic heterocycles. The molecule has 6 nitrogen and oxygen atoms in total. The van der Waals surface area contributed by atoms with E-state index in [1.165, 1.54) is 0 Å². The van der Waals surface area contributed by atoms with Crippen molar-refractivity contribution in [3.05, 3.63) is 48.0 Å². The smallest absolute Gasteiger partial charge is 0.243 e. The number of fused-ring (bicyclic) bond motifs is 1. The van der Waals surface area contributed by atoms with E-state index >= 15 is 0 Å². The predicted molar refractivity (Wildman–Crippen MR) is 96.3 cm³/mol. The number of piperidine rings is 1. The Balaban J connectivity index is 1.50. The minimum absolute atomic E-state index is 0.128. The molecule has 0 N–H and O–H groups in total. The number of hydrogen-bond acceptors (Lipinski definition) is 5. The Morgan fingerprint density at radius 2 is 1.77 bits per heavy atom. The van der Waals surface area contributed by atoms with Crippen molar-refractivity contribution in [1.29, 1.82) is 0 Å². The van der Waals surface area contributed by atoms with Crippen LogP contribution in [0.2, 0.25) is 0 Å². The Bertz CT molecular complexity index is 904. The molecular formula is C19H21NO5S. The second-order valence-electron chi connectivity index (χ2n) is 6.44. The quantitative estimate of drug-likeness (QED) is 0.822. The fourth-order valence-electron chi connectivity index (χ4n) is 3.60. The number of nitrogens with zero attached hydrogens (tertiary/aromatic N) is 1. The topological polar surface area (TPSA) is 65.1 Å². The van der Waals surface area contributed by atoms with E-state index in [1.54, 1.807) is 29.6 Å². The molecule has 0 bridgehead atoms. The fourth-order valence-corrected chi connectivity index (χ4v) is 5.08. The molecule has 0 amide bonds. The van der Waals surface area contributed by atoms with E-state index < -0.39 is 10.0 Å². The number of rotatable bonds is 4. The lowest BCUT2D eigenvalue weighted by atomic mass is 9.89. The monoisotopic (exact) mass is 375 g/mol. The zero-order valence-electron chi connectivity index (χ0n) is 14.6. The van der Waals surface area contributed by atoms with Crippen LogP contribution in [0.25, 0.3) is 0 Å². The maximum atomic E-state index is 13.0. The van der Waals surface area contributed by atoms with Gasteiger partial charge in [-0.2, -0.15) is 4.31 Å². The van der Waals surface area contributed by atoms with E-state index in [1.807, 2.05) is 18.2 Å². The summed E-state index contributed by atoms with van der Waals surface area (Å²) in [6, 6.07) is 12.7. The second kappa shape index (κ2) is 6.81. The first-order valence-electron chi connectivity index (χ1n) is 8.62. The van der Waals surface area contributed by atoms with Gasteiger partial charge in [-0.15, -0.1) is 0 Å². The van der Waals surface area contributed by atoms with Crippen LogP contribution in [0.5, 0.6) is 17.2 Å². The highest BCUT2D eigenvalue weighted by Crippen LogP contribution is 2.37. The van der Waals surface area contributed by atoms with Gasteiger partial charge in [-0.05, 0) is 42.5 Å². The molecule has 1 saturated heterocycles. The largest absolute Gasteiger partial charge is 0.496 e. The summed E-state index contributed by atoms with van der Waals surface area (Å²) in [7, 11) is -1.87. The number of hydrogen-bond donors (Lipinski definition) is 0. The normalized spacial score (nSPS) is 18.0. The maximum absolute atomic E-state index is 13.0. The van der Waals surface area contributed by atoms with Gasteiger partial charge in [-0.1, -0.05) is 18.2 Å². The van der Waals surface area contributed by atoms with Crippen molar-refractivity contribution in [1.82, 2.24) is 4.31 Å². The van der Waals surface area contributed by atoms with Gasteiger partial charge in [0, 0.05) is 19.2 Å². The van der Waals surface area contributed by atoms with Crippen LogP contribution in [0.3, 0.4) is 0 Å². The van der Waals surface area contributed by atoms with E-state index in [0.717, 1.165) is 24.2 Å². The zero-order chi connectivity index (χ0) is 18.1. The summed E-state index contributed by atoms with van der Waals surface area (Å²) in [5, 5.41) is 0. The molecule has 0 unspecified atom stereocenters. The standard InChI is InChI=1S/C19H21NO5S/c1-23-17-5-3-2-4-16(17)14-8-10-20(11-9-14)26(21,22)15-6-7-18-19(12-15)25-13-24-18/h2-7,12,14H,8-11,13H2,1H3. The van der Waals surface area contributed by atoms with Gasteiger partial charge in [-0.25, -0.2) is 8.42 Å². The summed E-state index contributed by atoms with van der Waals surface area (Å²) in [4.78, 5) is 0.248. The zero-order valence-corrected chi connectivity index (χ0v) is 15.4. The van der Waals surface area contributed by atoms with E-state index in [2.05, 4.69) is 6.07 Å². The molecule has 4 rings (SSSR count). The highest BCUT2D eigenvalue weighted by molar-refractivity contribution is 7.89. The van der Waals surface area contributed by atoms with Crippen LogP contribution in [-0.4, -0.2) is 39.7 Å². The lowest BCUT2D eigenvalue weighted by Crippen LogP contribution is -2.37. The van der Waals surface area contributed by atoms with E-state index in [9.17, 15) is 8.42 Å². The van der Waals surface area contributed by atoms with Crippen molar-refractivity contribution < 1.29 is 22.6 Å². The van der Waals surface area contributed by atoms with Gasteiger partial charge < -0.3 is 14.2 Å². The summed E-state index contributed by atoms with van der Waals surface area (Å²) >= 11 is 0. The third-order valence-corrected chi connectivity index (χ3v) is 6.91. The highest BCUT2D eigenvalue weighted by atomic mass is 32.2. The highest BCUT2D eigenvalue weighted by Gasteiger charge is 2.31. The first-order chi connectivity index (χ1) is 12.6. The van der Waals surface area contributed by atoms with Crippen LogP contribution in [0.1, 0.15) is 24.3 Å². The third-order valence-electron chi connectivity index (χ3n) is 5.01. The van der Waals surface area contributed by atoms with Crippen LogP contribution in [0.4, 0.5) is 0 Å². The molecule has 2 aromatic carbocycles. The van der Waals surface area contributed by atoms with Crippen LogP contribution in [0.15, 0.2) is 47.4 Å². The molecule has 26 heavy (non-hydrogen) atoms. The van der Waals surface area contributed by atoms with Crippen molar-refractivity contribution >= 4 is 10.0 Å². The first kappa shape index (κ1) is 17.2. The van der Waals surface area contributed by atoms with Crippen molar-refractivity contribution in [2.75, 3.05) is 27.0 Å². The van der Waals surface area contributed by atoms with Gasteiger partial charge in [0.2, 0.25) is 16.8 Å². The first-order valence-corrected chi connectivity index (χ1v) is 10.1. The van der Waals surface area contributed by atoms with Gasteiger partial charge in [0.25, 0.3) is 0 Å². The molecule has 0 aromatic heterocycles. The van der Waals surface area contributed by atoms with Crippen molar-refractivity contribution in [3.63, 3.8) is 0 Å². The number of para-hydroxylation sites is 1. The number of sulfonamides is 1. The van der Waals surface area contributed by atoms with Crippen molar-refractivity contribution in [2.45, 2.75) is 23.7 Å². The van der Waals surface area contributed by atoms with Gasteiger partial charge in [0.05, 0.1) is 12.0 Å². The van der Waals surface area contributed by atoms with Gasteiger partial charge >= 0.3 is 0 Å². The SMILES string of the molecule is COc1ccccc1C1CCN(S(=O)(=O)c2ccc3c(c2)OCO3)CC1. The molecule has 0 saturated carbocycles. The summed E-state index contributed by atoms with van der Waals surface area (Å²) in [5.41, 5.74) is 1.15. The van der Waals surface area contributed by atoms with E-state index in [-0.39, 0.29) is 11.7 Å². The Kier molecular flexibility index (Phi) is 4.50. The number of benzene rings is 2. The Morgan fingerprint density at radius 3 is 2.54 bits per heavy atom. The summed E-state index contributed by atoms with van der Waals surface area (Å²) in [5.74, 6) is 2.23. The molecule has 2 aliphatic rings. The van der Waals surface area contributed by atoms with Gasteiger partial charge in [0.15, 0.2) is 11.5 Å². The third kappa shape index (κ3) is 3.01.